The highest BCUT2D eigenvalue weighted by Gasteiger charge is 2.08. The van der Waals surface area contributed by atoms with E-state index < -0.39 is 11.8 Å². The summed E-state index contributed by atoms with van der Waals surface area (Å²) in [4.78, 5) is 21.9. The molecule has 84 valence electrons. The van der Waals surface area contributed by atoms with Crippen LogP contribution in [0.15, 0.2) is 30.3 Å². The molecule has 0 unspecified atom stereocenters. The summed E-state index contributed by atoms with van der Waals surface area (Å²) in [5.74, 6) is -0.820. The average molecular weight is 220 g/mol. The lowest BCUT2D eigenvalue weighted by molar-refractivity contribution is -0.149. The molecule has 0 saturated heterocycles. The Kier molecular flexibility index (Phi) is 4.27. The molecule has 0 bridgehead atoms. The SMILES string of the molecule is COC(=O)C(=O)/C=C/c1ccc(OC)cc1. The fraction of sp³-hybridized carbons (Fsp3) is 0.167. The maximum absolute atomic E-state index is 11.1. The van der Waals surface area contributed by atoms with Crippen molar-refractivity contribution < 1.29 is 19.1 Å². The lowest BCUT2D eigenvalue weighted by Crippen LogP contribution is -2.11. The molecule has 0 fully saturated rings. The van der Waals surface area contributed by atoms with Gasteiger partial charge in [-0.2, -0.15) is 0 Å². The van der Waals surface area contributed by atoms with Crippen LogP contribution in [-0.2, 0) is 14.3 Å². The van der Waals surface area contributed by atoms with Crippen molar-refractivity contribution in [2.24, 2.45) is 0 Å². The standard InChI is InChI=1S/C12H12O4/c1-15-10-6-3-9(4-7-10)5-8-11(13)12(14)16-2/h3-8H,1-2H3/b8-5+. The van der Waals surface area contributed by atoms with E-state index in [2.05, 4.69) is 4.74 Å². The predicted molar refractivity (Wildman–Crippen MR) is 59.1 cm³/mol. The zero-order valence-corrected chi connectivity index (χ0v) is 9.10. The summed E-state index contributed by atoms with van der Waals surface area (Å²) in [7, 11) is 2.74. The van der Waals surface area contributed by atoms with Crippen molar-refractivity contribution in [2.45, 2.75) is 0 Å². The maximum atomic E-state index is 11.1. The lowest BCUT2D eigenvalue weighted by Gasteiger charge is -1.98. The van der Waals surface area contributed by atoms with Gasteiger partial charge >= 0.3 is 5.97 Å². The summed E-state index contributed by atoms with van der Waals surface area (Å²) in [5, 5.41) is 0. The van der Waals surface area contributed by atoms with Crippen LogP contribution in [0, 0.1) is 0 Å². The number of hydrogen-bond donors (Lipinski definition) is 0. The summed E-state index contributed by atoms with van der Waals surface area (Å²) in [6.07, 6.45) is 2.71. The Hall–Kier alpha value is -2.10. The van der Waals surface area contributed by atoms with Gasteiger partial charge in [0, 0.05) is 0 Å². The van der Waals surface area contributed by atoms with Gasteiger partial charge in [-0.15, -0.1) is 0 Å². The normalized spacial score (nSPS) is 10.1. The Balaban J connectivity index is 2.69. The van der Waals surface area contributed by atoms with Crippen molar-refractivity contribution in [2.75, 3.05) is 14.2 Å². The van der Waals surface area contributed by atoms with Gasteiger partial charge in [-0.3, -0.25) is 4.79 Å². The summed E-state index contributed by atoms with van der Waals surface area (Å²) >= 11 is 0. The van der Waals surface area contributed by atoms with Crippen LogP contribution in [0.25, 0.3) is 6.08 Å². The topological polar surface area (TPSA) is 52.6 Å². The number of methoxy groups -OCH3 is 2. The molecule has 0 N–H and O–H groups in total. The molecular weight excluding hydrogens is 208 g/mol. The lowest BCUT2D eigenvalue weighted by atomic mass is 10.2. The Morgan fingerprint density at radius 3 is 2.25 bits per heavy atom. The second kappa shape index (κ2) is 5.70. The van der Waals surface area contributed by atoms with Gasteiger partial charge in [0.25, 0.3) is 5.78 Å². The number of esters is 1. The van der Waals surface area contributed by atoms with E-state index in [-0.39, 0.29) is 0 Å². The molecule has 16 heavy (non-hydrogen) atoms. The number of hydrogen-bond acceptors (Lipinski definition) is 4. The van der Waals surface area contributed by atoms with Crippen LogP contribution in [0.1, 0.15) is 5.56 Å². The van der Waals surface area contributed by atoms with E-state index in [0.717, 1.165) is 11.3 Å². The largest absolute Gasteiger partial charge is 0.497 e. The minimum atomic E-state index is -0.871. The van der Waals surface area contributed by atoms with Gasteiger partial charge in [-0.1, -0.05) is 18.2 Å². The van der Waals surface area contributed by atoms with Crippen LogP contribution in [0.4, 0.5) is 0 Å². The number of ether oxygens (including phenoxy) is 2. The highest BCUT2D eigenvalue weighted by Crippen LogP contribution is 2.12. The Labute approximate surface area is 93.5 Å². The number of carbonyl (C=O) groups excluding carboxylic acids is 2. The van der Waals surface area contributed by atoms with Gasteiger partial charge in [-0.25, -0.2) is 4.79 Å². The molecule has 1 aromatic carbocycles. The first-order valence-electron chi connectivity index (χ1n) is 4.62. The second-order valence-electron chi connectivity index (χ2n) is 2.96. The van der Waals surface area contributed by atoms with Gasteiger partial charge < -0.3 is 9.47 Å². The summed E-state index contributed by atoms with van der Waals surface area (Å²) in [6, 6.07) is 7.09. The zero-order valence-electron chi connectivity index (χ0n) is 9.10. The fourth-order valence-corrected chi connectivity index (χ4v) is 1.06. The second-order valence-corrected chi connectivity index (χ2v) is 2.96. The van der Waals surface area contributed by atoms with E-state index in [9.17, 15) is 9.59 Å². The highest BCUT2D eigenvalue weighted by atomic mass is 16.5. The first kappa shape index (κ1) is 12.0. The fourth-order valence-electron chi connectivity index (χ4n) is 1.06. The van der Waals surface area contributed by atoms with Gasteiger partial charge in [0.1, 0.15) is 5.75 Å². The molecule has 1 aromatic rings. The molecule has 0 aromatic heterocycles. The van der Waals surface area contributed by atoms with Crippen molar-refractivity contribution >= 4 is 17.8 Å². The molecule has 0 atom stereocenters. The molecule has 0 radical (unpaired) electrons. The number of carbonyl (C=O) groups is 2. The van der Waals surface area contributed by atoms with Crippen molar-refractivity contribution in [1.29, 1.82) is 0 Å². The summed E-state index contributed by atoms with van der Waals surface area (Å²) in [5.41, 5.74) is 0.804. The van der Waals surface area contributed by atoms with E-state index in [1.165, 1.54) is 13.2 Å². The van der Waals surface area contributed by atoms with Gasteiger partial charge in [-0.05, 0) is 23.8 Å². The van der Waals surface area contributed by atoms with E-state index in [1.54, 1.807) is 37.5 Å². The third-order valence-electron chi connectivity index (χ3n) is 1.93. The molecular formula is C12H12O4. The first-order chi connectivity index (χ1) is 7.67. The highest BCUT2D eigenvalue weighted by molar-refractivity contribution is 6.39. The minimum absolute atomic E-state index is 0.682. The Bertz CT molecular complexity index is 404. The Morgan fingerprint density at radius 1 is 1.12 bits per heavy atom. The quantitative estimate of drug-likeness (QED) is 0.438. The maximum Gasteiger partial charge on any atom is 0.378 e. The zero-order chi connectivity index (χ0) is 12.0. The van der Waals surface area contributed by atoms with Crippen LogP contribution in [0.3, 0.4) is 0 Å². The van der Waals surface area contributed by atoms with Crippen LogP contribution in [-0.4, -0.2) is 26.0 Å². The summed E-state index contributed by atoms with van der Waals surface area (Å²) < 4.78 is 9.26. The molecule has 0 aliphatic heterocycles. The molecule has 0 heterocycles. The molecule has 0 aliphatic carbocycles. The van der Waals surface area contributed by atoms with Crippen molar-refractivity contribution in [3.63, 3.8) is 0 Å². The summed E-state index contributed by atoms with van der Waals surface area (Å²) in [6.45, 7) is 0. The monoisotopic (exact) mass is 220 g/mol. The molecule has 4 heteroatoms. The van der Waals surface area contributed by atoms with Crippen molar-refractivity contribution in [3.05, 3.63) is 35.9 Å². The van der Waals surface area contributed by atoms with Crippen molar-refractivity contribution in [1.82, 2.24) is 0 Å². The molecule has 4 nitrogen and oxygen atoms in total. The molecule has 0 aliphatic rings. The third kappa shape index (κ3) is 3.24. The Morgan fingerprint density at radius 2 is 1.75 bits per heavy atom. The smallest absolute Gasteiger partial charge is 0.378 e. The van der Waals surface area contributed by atoms with Crippen LogP contribution >= 0.6 is 0 Å². The van der Waals surface area contributed by atoms with E-state index in [0.29, 0.717) is 0 Å². The van der Waals surface area contributed by atoms with Crippen LogP contribution in [0.5, 0.6) is 5.75 Å². The third-order valence-corrected chi connectivity index (χ3v) is 1.93. The van der Waals surface area contributed by atoms with E-state index in [4.69, 9.17) is 4.74 Å². The van der Waals surface area contributed by atoms with Gasteiger partial charge in [0.15, 0.2) is 0 Å². The molecule has 0 saturated carbocycles. The van der Waals surface area contributed by atoms with Gasteiger partial charge in [0.05, 0.1) is 14.2 Å². The van der Waals surface area contributed by atoms with Crippen LogP contribution < -0.4 is 4.74 Å². The molecule has 0 spiro atoms. The van der Waals surface area contributed by atoms with Gasteiger partial charge in [0.2, 0.25) is 0 Å². The van der Waals surface area contributed by atoms with E-state index in [1.807, 2.05) is 0 Å². The molecule has 1 rings (SSSR count). The number of benzene rings is 1. The molecule has 0 amide bonds. The minimum Gasteiger partial charge on any atom is -0.497 e. The van der Waals surface area contributed by atoms with E-state index >= 15 is 0 Å². The first-order valence-corrected chi connectivity index (χ1v) is 4.62. The average Bonchev–Trinajstić information content (AvgIpc) is 2.35. The van der Waals surface area contributed by atoms with Crippen LogP contribution in [0.2, 0.25) is 0 Å². The number of ketones is 1. The number of rotatable bonds is 4. The predicted octanol–water partition coefficient (Wildman–Crippen LogP) is 1.45. The van der Waals surface area contributed by atoms with Crippen molar-refractivity contribution in [3.8, 4) is 5.75 Å².